The van der Waals surface area contributed by atoms with E-state index in [0.717, 1.165) is 43.7 Å². The Morgan fingerprint density at radius 1 is 1.08 bits per heavy atom. The van der Waals surface area contributed by atoms with Crippen LogP contribution in [0.25, 0.3) is 0 Å². The topological polar surface area (TPSA) is 52.6 Å². The zero-order valence-corrected chi connectivity index (χ0v) is 14.0. The number of nitrogens with one attached hydrogen (secondary N) is 1. The van der Waals surface area contributed by atoms with E-state index in [4.69, 9.17) is 0 Å². The van der Waals surface area contributed by atoms with Crippen LogP contribution in [-0.4, -0.2) is 35.1 Å². The van der Waals surface area contributed by atoms with Gasteiger partial charge in [-0.2, -0.15) is 0 Å². The molecule has 0 aromatic heterocycles. The van der Waals surface area contributed by atoms with Crippen molar-refractivity contribution in [3.05, 3.63) is 65.2 Å². The highest BCUT2D eigenvalue weighted by molar-refractivity contribution is 6.04. The molecule has 1 heterocycles. The number of rotatable bonds is 4. The predicted molar refractivity (Wildman–Crippen MR) is 96.1 cm³/mol. The van der Waals surface area contributed by atoms with E-state index >= 15 is 0 Å². The van der Waals surface area contributed by atoms with E-state index < -0.39 is 0 Å². The molecule has 4 heteroatoms. The molecule has 4 nitrogen and oxygen atoms in total. The number of benzene rings is 2. The Labute approximate surface area is 143 Å². The van der Waals surface area contributed by atoms with Crippen molar-refractivity contribution in [2.24, 2.45) is 0 Å². The minimum atomic E-state index is -0.138. The smallest absolute Gasteiger partial charge is 0.255 e. The summed E-state index contributed by atoms with van der Waals surface area (Å²) < 4.78 is 0. The lowest BCUT2D eigenvalue weighted by Crippen LogP contribution is -2.35. The molecule has 2 aromatic rings. The minimum Gasteiger partial charge on any atom is -0.393 e. The van der Waals surface area contributed by atoms with Crippen LogP contribution in [0.3, 0.4) is 0 Å². The Hall–Kier alpha value is -2.17. The zero-order chi connectivity index (χ0) is 16.9. The first-order valence-corrected chi connectivity index (χ1v) is 8.47. The number of amides is 1. The molecule has 0 spiro atoms. The van der Waals surface area contributed by atoms with Crippen molar-refractivity contribution in [2.75, 3.05) is 18.4 Å². The maximum Gasteiger partial charge on any atom is 0.255 e. The maximum atomic E-state index is 12.2. The lowest BCUT2D eigenvalue weighted by molar-refractivity contribution is 0.0792. The zero-order valence-electron chi connectivity index (χ0n) is 14.0. The number of likely N-dealkylation sites (tertiary alicyclic amines) is 1. The number of piperidine rings is 1. The highest BCUT2D eigenvalue weighted by atomic mass is 16.3. The molecule has 0 radical (unpaired) electrons. The van der Waals surface area contributed by atoms with Gasteiger partial charge in [-0.15, -0.1) is 0 Å². The molecule has 0 bridgehead atoms. The first-order valence-electron chi connectivity index (χ1n) is 8.47. The molecular weight excluding hydrogens is 300 g/mol. The van der Waals surface area contributed by atoms with E-state index in [1.807, 2.05) is 43.3 Å². The summed E-state index contributed by atoms with van der Waals surface area (Å²) in [5.74, 6) is -0.0900. The van der Waals surface area contributed by atoms with Gasteiger partial charge in [-0.05, 0) is 49.6 Å². The number of anilines is 1. The molecule has 2 aromatic carbocycles. The number of aliphatic hydroxyl groups is 1. The van der Waals surface area contributed by atoms with Crippen LogP contribution in [0.15, 0.2) is 48.5 Å². The first-order chi connectivity index (χ1) is 11.6. The van der Waals surface area contributed by atoms with Crippen LogP contribution in [0.4, 0.5) is 5.69 Å². The molecule has 1 fully saturated rings. The van der Waals surface area contributed by atoms with Crippen LogP contribution in [0.2, 0.25) is 0 Å². The molecule has 126 valence electrons. The average Bonchev–Trinajstić information content (AvgIpc) is 2.59. The third kappa shape index (κ3) is 4.43. The minimum absolute atomic E-state index is 0.0900. The van der Waals surface area contributed by atoms with Gasteiger partial charge >= 0.3 is 0 Å². The number of aliphatic hydroxyl groups excluding tert-OH is 1. The van der Waals surface area contributed by atoms with Gasteiger partial charge in [-0.3, -0.25) is 9.69 Å². The van der Waals surface area contributed by atoms with Gasteiger partial charge in [0.15, 0.2) is 0 Å². The second-order valence-electron chi connectivity index (χ2n) is 6.52. The second-order valence-corrected chi connectivity index (χ2v) is 6.52. The summed E-state index contributed by atoms with van der Waals surface area (Å²) in [5, 5.41) is 12.5. The van der Waals surface area contributed by atoms with E-state index in [1.165, 1.54) is 5.56 Å². The number of carbonyl (C=O) groups is 1. The molecule has 1 aliphatic heterocycles. The fourth-order valence-corrected chi connectivity index (χ4v) is 2.94. The third-order valence-corrected chi connectivity index (χ3v) is 4.49. The third-order valence-electron chi connectivity index (χ3n) is 4.49. The fourth-order valence-electron chi connectivity index (χ4n) is 2.94. The van der Waals surface area contributed by atoms with Gasteiger partial charge < -0.3 is 10.4 Å². The summed E-state index contributed by atoms with van der Waals surface area (Å²) in [5.41, 5.74) is 3.83. The van der Waals surface area contributed by atoms with Gasteiger partial charge in [0.2, 0.25) is 0 Å². The Balaban J connectivity index is 1.56. The summed E-state index contributed by atoms with van der Waals surface area (Å²) in [6, 6.07) is 15.5. The monoisotopic (exact) mass is 324 g/mol. The summed E-state index contributed by atoms with van der Waals surface area (Å²) in [7, 11) is 0. The molecule has 2 N–H and O–H groups in total. The lowest BCUT2D eigenvalue weighted by Gasteiger charge is -2.29. The van der Waals surface area contributed by atoms with Crippen LogP contribution >= 0.6 is 0 Å². The standard InChI is InChI=1S/C20H24N2O2/c1-15-2-6-17(7-3-15)20(24)21-18-8-4-16(5-9-18)14-22-12-10-19(23)11-13-22/h2-9,19,23H,10-14H2,1H3,(H,21,24). The van der Waals surface area contributed by atoms with Crippen LogP contribution in [0.1, 0.15) is 34.3 Å². The van der Waals surface area contributed by atoms with E-state index in [-0.39, 0.29) is 12.0 Å². The van der Waals surface area contributed by atoms with E-state index in [0.29, 0.717) is 5.56 Å². The molecule has 0 saturated carbocycles. The summed E-state index contributed by atoms with van der Waals surface area (Å²) in [4.78, 5) is 14.6. The molecule has 0 aliphatic carbocycles. The molecule has 1 amide bonds. The van der Waals surface area contributed by atoms with Crippen molar-refractivity contribution in [2.45, 2.75) is 32.4 Å². The normalized spacial score (nSPS) is 16.1. The number of hydrogen-bond acceptors (Lipinski definition) is 3. The van der Waals surface area contributed by atoms with Crippen LogP contribution in [-0.2, 0) is 6.54 Å². The number of hydrogen-bond donors (Lipinski definition) is 2. The SMILES string of the molecule is Cc1ccc(C(=O)Nc2ccc(CN3CCC(O)CC3)cc2)cc1. The number of aryl methyl sites for hydroxylation is 1. The Morgan fingerprint density at radius 3 is 2.33 bits per heavy atom. The van der Waals surface area contributed by atoms with Gasteiger partial charge in [0, 0.05) is 30.9 Å². The first kappa shape index (κ1) is 16.7. The average molecular weight is 324 g/mol. The molecule has 24 heavy (non-hydrogen) atoms. The van der Waals surface area contributed by atoms with Crippen molar-refractivity contribution < 1.29 is 9.90 Å². The molecule has 0 unspecified atom stereocenters. The Morgan fingerprint density at radius 2 is 1.71 bits per heavy atom. The van der Waals surface area contributed by atoms with Crippen molar-refractivity contribution in [3.8, 4) is 0 Å². The molecule has 1 saturated heterocycles. The fraction of sp³-hybridized carbons (Fsp3) is 0.350. The summed E-state index contributed by atoms with van der Waals surface area (Å²) in [6.45, 7) is 4.77. The summed E-state index contributed by atoms with van der Waals surface area (Å²) >= 11 is 0. The predicted octanol–water partition coefficient (Wildman–Crippen LogP) is 3.20. The Kier molecular flexibility index (Phi) is 5.28. The summed E-state index contributed by atoms with van der Waals surface area (Å²) in [6.07, 6.45) is 1.57. The largest absolute Gasteiger partial charge is 0.393 e. The maximum absolute atomic E-state index is 12.2. The van der Waals surface area contributed by atoms with E-state index in [2.05, 4.69) is 22.3 Å². The van der Waals surface area contributed by atoms with Crippen molar-refractivity contribution >= 4 is 11.6 Å². The highest BCUT2D eigenvalue weighted by Gasteiger charge is 2.16. The molecular formula is C20H24N2O2. The molecule has 0 atom stereocenters. The quantitative estimate of drug-likeness (QED) is 0.908. The van der Waals surface area contributed by atoms with Crippen molar-refractivity contribution in [1.82, 2.24) is 4.90 Å². The molecule has 3 rings (SSSR count). The van der Waals surface area contributed by atoms with Gasteiger partial charge in [-0.25, -0.2) is 0 Å². The van der Waals surface area contributed by atoms with E-state index in [9.17, 15) is 9.90 Å². The number of carbonyl (C=O) groups excluding carboxylic acids is 1. The second kappa shape index (κ2) is 7.60. The Bertz CT molecular complexity index is 672. The van der Waals surface area contributed by atoms with Gasteiger partial charge in [0.25, 0.3) is 5.91 Å². The number of nitrogens with zero attached hydrogens (tertiary/aromatic N) is 1. The van der Waals surface area contributed by atoms with Crippen LogP contribution in [0, 0.1) is 6.92 Å². The lowest BCUT2D eigenvalue weighted by atomic mass is 10.1. The highest BCUT2D eigenvalue weighted by Crippen LogP contribution is 2.16. The molecule has 1 aliphatic rings. The van der Waals surface area contributed by atoms with Crippen molar-refractivity contribution in [3.63, 3.8) is 0 Å². The van der Waals surface area contributed by atoms with Crippen LogP contribution in [0.5, 0.6) is 0 Å². The van der Waals surface area contributed by atoms with Crippen molar-refractivity contribution in [1.29, 1.82) is 0 Å². The van der Waals surface area contributed by atoms with Crippen LogP contribution < -0.4 is 5.32 Å². The van der Waals surface area contributed by atoms with E-state index in [1.54, 1.807) is 0 Å². The van der Waals surface area contributed by atoms with Gasteiger partial charge in [-0.1, -0.05) is 29.8 Å². The van der Waals surface area contributed by atoms with Gasteiger partial charge in [0.05, 0.1) is 6.10 Å². The van der Waals surface area contributed by atoms with Gasteiger partial charge in [0.1, 0.15) is 0 Å².